The molecule has 0 aliphatic carbocycles. The van der Waals surface area contributed by atoms with Crippen LogP contribution in [0.5, 0.6) is 0 Å². The van der Waals surface area contributed by atoms with Gasteiger partial charge in [0, 0.05) is 62.1 Å². The molecular formula is C31H36N4O4S2. The number of carbonyl (C=O) groups is 2. The predicted octanol–water partition coefficient (Wildman–Crippen LogP) is 5.92. The number of rotatable bonds is 8. The second-order valence-corrected chi connectivity index (χ2v) is 13.0. The van der Waals surface area contributed by atoms with Gasteiger partial charge < -0.3 is 19.6 Å². The number of urea groups is 1. The van der Waals surface area contributed by atoms with Crippen molar-refractivity contribution in [3.8, 4) is 0 Å². The summed E-state index contributed by atoms with van der Waals surface area (Å²) in [6.07, 6.45) is 3.80. The lowest BCUT2D eigenvalue weighted by molar-refractivity contribution is 0.0493. The number of likely N-dealkylation sites (tertiary alicyclic amines) is 1. The van der Waals surface area contributed by atoms with Gasteiger partial charge >= 0.3 is 12.0 Å². The zero-order valence-corrected chi connectivity index (χ0v) is 24.9. The highest BCUT2D eigenvalue weighted by atomic mass is 32.2. The van der Waals surface area contributed by atoms with Crippen molar-refractivity contribution in [2.24, 2.45) is 0 Å². The fourth-order valence-corrected chi connectivity index (χ4v) is 7.79. The van der Waals surface area contributed by atoms with Crippen molar-refractivity contribution in [1.82, 2.24) is 19.7 Å². The zero-order chi connectivity index (χ0) is 28.3. The number of carboxylic acids is 1. The number of piperidine rings is 1. The first kappa shape index (κ1) is 28.2. The fraction of sp³-hybridized carbons (Fsp3) is 0.452. The summed E-state index contributed by atoms with van der Waals surface area (Å²) < 4.78 is 5.57. The van der Waals surface area contributed by atoms with Crippen LogP contribution in [-0.2, 0) is 11.3 Å². The van der Waals surface area contributed by atoms with Gasteiger partial charge in [-0.3, -0.25) is 4.90 Å². The monoisotopic (exact) mass is 592 g/mol. The van der Waals surface area contributed by atoms with E-state index in [4.69, 9.17) is 14.8 Å². The molecule has 1 N–H and O–H groups in total. The minimum atomic E-state index is -0.921. The molecule has 3 aromatic rings. The molecule has 216 valence electrons. The number of aryl methyl sites for hydroxylation is 1. The number of benzene rings is 1. The van der Waals surface area contributed by atoms with E-state index < -0.39 is 5.97 Å². The number of ether oxygens (including phenoxy) is 1. The van der Waals surface area contributed by atoms with Crippen molar-refractivity contribution >= 4 is 35.1 Å². The van der Waals surface area contributed by atoms with Crippen molar-refractivity contribution in [2.75, 3.05) is 32.8 Å². The van der Waals surface area contributed by atoms with Crippen molar-refractivity contribution < 1.29 is 19.4 Å². The quantitative estimate of drug-likeness (QED) is 0.347. The van der Waals surface area contributed by atoms with Gasteiger partial charge in [0.15, 0.2) is 0 Å². The average molecular weight is 593 g/mol. The zero-order valence-electron chi connectivity index (χ0n) is 23.3. The van der Waals surface area contributed by atoms with E-state index in [2.05, 4.69) is 44.5 Å². The van der Waals surface area contributed by atoms with Crippen molar-refractivity contribution in [3.63, 3.8) is 0 Å². The van der Waals surface area contributed by atoms with E-state index in [9.17, 15) is 9.59 Å². The lowest BCUT2D eigenvalue weighted by atomic mass is 9.99. The molecule has 1 aromatic carbocycles. The van der Waals surface area contributed by atoms with Crippen molar-refractivity contribution in [2.45, 2.75) is 67.2 Å². The number of carbonyl (C=O) groups excluding carboxylic acids is 1. The van der Waals surface area contributed by atoms with Crippen LogP contribution in [0.4, 0.5) is 4.79 Å². The third kappa shape index (κ3) is 6.30. The van der Waals surface area contributed by atoms with Crippen LogP contribution in [0.15, 0.2) is 63.1 Å². The van der Waals surface area contributed by atoms with Crippen molar-refractivity contribution in [1.29, 1.82) is 0 Å². The summed E-state index contributed by atoms with van der Waals surface area (Å²) in [7, 11) is 0. The summed E-state index contributed by atoms with van der Waals surface area (Å²) in [4.78, 5) is 37.5. The highest BCUT2D eigenvalue weighted by molar-refractivity contribution is 7.99. The largest absolute Gasteiger partial charge is 0.478 e. The molecule has 2 amide bonds. The van der Waals surface area contributed by atoms with E-state index in [1.807, 2.05) is 18.2 Å². The molecule has 0 spiro atoms. The molecule has 10 heteroatoms. The molecule has 0 radical (unpaired) electrons. The Hall–Kier alpha value is -2.92. The van der Waals surface area contributed by atoms with Gasteiger partial charge in [0.25, 0.3) is 0 Å². The van der Waals surface area contributed by atoms with Crippen LogP contribution in [0.3, 0.4) is 0 Å². The Bertz CT molecular complexity index is 1350. The average Bonchev–Trinajstić information content (AvgIpc) is 3.64. The van der Waals surface area contributed by atoms with Gasteiger partial charge in [-0.1, -0.05) is 17.8 Å². The maximum absolute atomic E-state index is 13.8. The van der Waals surface area contributed by atoms with Crippen LogP contribution in [0.2, 0.25) is 0 Å². The maximum atomic E-state index is 13.8. The Labute approximate surface area is 249 Å². The highest BCUT2D eigenvalue weighted by Gasteiger charge is 2.45. The van der Waals surface area contributed by atoms with Crippen LogP contribution >= 0.6 is 23.1 Å². The topological polar surface area (TPSA) is 86.2 Å². The molecule has 0 saturated carbocycles. The van der Waals surface area contributed by atoms with E-state index in [0.29, 0.717) is 0 Å². The number of nitrogens with zero attached hydrogens (tertiary/aromatic N) is 4. The van der Waals surface area contributed by atoms with E-state index in [-0.39, 0.29) is 29.7 Å². The van der Waals surface area contributed by atoms with Gasteiger partial charge in [0.05, 0.1) is 11.6 Å². The summed E-state index contributed by atoms with van der Waals surface area (Å²) in [6, 6.07) is 14.1. The van der Waals surface area contributed by atoms with Gasteiger partial charge in [-0.25, -0.2) is 14.6 Å². The molecule has 8 nitrogen and oxygen atoms in total. The Balaban J connectivity index is 1.07. The van der Waals surface area contributed by atoms with Crippen LogP contribution in [0.1, 0.15) is 58.9 Å². The van der Waals surface area contributed by atoms with E-state index in [0.717, 1.165) is 80.7 Å². The number of pyridine rings is 1. The number of hydrogen-bond donors (Lipinski definition) is 1. The Morgan fingerprint density at radius 3 is 2.46 bits per heavy atom. The molecule has 1 atom stereocenters. The van der Waals surface area contributed by atoms with Gasteiger partial charge in [-0.05, 0) is 90.9 Å². The fourth-order valence-electron chi connectivity index (χ4n) is 6.25. The highest BCUT2D eigenvalue weighted by Crippen LogP contribution is 2.38. The number of thiophene rings is 1. The first-order chi connectivity index (χ1) is 20.0. The van der Waals surface area contributed by atoms with Gasteiger partial charge in [0.1, 0.15) is 5.03 Å². The summed E-state index contributed by atoms with van der Waals surface area (Å²) >= 11 is 3.24. The van der Waals surface area contributed by atoms with E-state index in [1.54, 1.807) is 23.5 Å². The summed E-state index contributed by atoms with van der Waals surface area (Å²) in [5.41, 5.74) is 3.77. The smallest absolute Gasteiger partial charge is 0.335 e. The third-order valence-corrected chi connectivity index (χ3v) is 10.2. The van der Waals surface area contributed by atoms with Gasteiger partial charge in [-0.2, -0.15) is 11.3 Å². The summed E-state index contributed by atoms with van der Waals surface area (Å²) in [5, 5.41) is 14.3. The molecule has 3 aliphatic heterocycles. The lowest BCUT2D eigenvalue weighted by Crippen LogP contribution is -2.48. The number of amides is 2. The van der Waals surface area contributed by atoms with Crippen LogP contribution in [-0.4, -0.2) is 81.7 Å². The second kappa shape index (κ2) is 12.5. The standard InChI is InChI=1S/C31H36N4O4S2/c1-21-23(4-7-29(32-21)41-27-5-2-22(3-6-27)30(36)37)18-33-13-8-26(9-14-33)35-28(24-12-17-40-20-24)19-34(31(35)38)25-10-15-39-16-11-25/h2-7,12,17,20,25-26,28H,8-11,13-16,18-19H2,1H3,(H,36,37). The lowest BCUT2D eigenvalue weighted by Gasteiger charge is -2.39. The summed E-state index contributed by atoms with van der Waals surface area (Å²) in [5.74, 6) is -0.921. The first-order valence-corrected chi connectivity index (χ1v) is 16.1. The van der Waals surface area contributed by atoms with Crippen LogP contribution in [0, 0.1) is 6.92 Å². The maximum Gasteiger partial charge on any atom is 0.335 e. The SMILES string of the molecule is Cc1nc(Sc2ccc(C(=O)O)cc2)ccc1CN1CCC(N2C(=O)N(C3CCOCC3)CC2c2ccsc2)CC1. The van der Waals surface area contributed by atoms with Crippen LogP contribution in [0.25, 0.3) is 0 Å². The number of hydrogen-bond acceptors (Lipinski definition) is 7. The normalized spacial score (nSPS) is 21.1. The van der Waals surface area contributed by atoms with Gasteiger partial charge in [0.2, 0.25) is 0 Å². The predicted molar refractivity (Wildman–Crippen MR) is 160 cm³/mol. The molecule has 1 unspecified atom stereocenters. The molecule has 41 heavy (non-hydrogen) atoms. The molecular weight excluding hydrogens is 556 g/mol. The minimum Gasteiger partial charge on any atom is -0.478 e. The van der Waals surface area contributed by atoms with Crippen LogP contribution < -0.4 is 0 Å². The van der Waals surface area contributed by atoms with E-state index in [1.165, 1.54) is 22.9 Å². The third-order valence-electron chi connectivity index (χ3n) is 8.57. The Kier molecular flexibility index (Phi) is 8.62. The summed E-state index contributed by atoms with van der Waals surface area (Å²) in [6.45, 7) is 7.06. The molecule has 3 aliphatic rings. The minimum absolute atomic E-state index is 0.130. The molecule has 3 fully saturated rings. The molecule has 6 rings (SSSR count). The first-order valence-electron chi connectivity index (χ1n) is 14.3. The molecule has 5 heterocycles. The molecule has 3 saturated heterocycles. The number of aromatic nitrogens is 1. The Morgan fingerprint density at radius 2 is 1.80 bits per heavy atom. The number of aromatic carboxylic acids is 1. The number of carboxylic acid groups (broad SMARTS) is 1. The van der Waals surface area contributed by atoms with Crippen molar-refractivity contribution in [3.05, 3.63) is 75.6 Å². The van der Waals surface area contributed by atoms with E-state index >= 15 is 0 Å². The molecule has 2 aromatic heterocycles. The van der Waals surface area contributed by atoms with Gasteiger partial charge in [-0.15, -0.1) is 0 Å². The Morgan fingerprint density at radius 1 is 1.05 bits per heavy atom. The second-order valence-electron chi connectivity index (χ2n) is 11.1. The molecule has 0 bridgehead atoms.